The summed E-state index contributed by atoms with van der Waals surface area (Å²) in [4.78, 5) is 12.5. The predicted molar refractivity (Wildman–Crippen MR) is 118 cm³/mol. The second-order valence-corrected chi connectivity index (χ2v) is 7.02. The first-order valence-corrected chi connectivity index (χ1v) is 9.42. The number of H-pyrrole nitrogens is 1. The van der Waals surface area contributed by atoms with Gasteiger partial charge < -0.3 is 10.3 Å². The predicted octanol–water partition coefficient (Wildman–Crippen LogP) is 5.11. The highest BCUT2D eigenvalue weighted by Crippen LogP contribution is 2.27. The van der Waals surface area contributed by atoms with Crippen molar-refractivity contribution in [2.75, 3.05) is 14.1 Å². The molecule has 0 bridgehead atoms. The zero-order valence-corrected chi connectivity index (χ0v) is 16.7. The summed E-state index contributed by atoms with van der Waals surface area (Å²) in [7, 11) is 3.66. The fourth-order valence-corrected chi connectivity index (χ4v) is 3.42. The standard InChI is InChI=1S/C24H24N4/c1-15-5-6-19(13-16(15)2)20-11-12-21-22(14-20)28-24(27-21)18-9-7-17(8-10-18)23(25-3)26-4/h5-14H,1-4H3,(H,25,26)(H,27,28). The highest BCUT2D eigenvalue weighted by atomic mass is 14.9. The highest BCUT2D eigenvalue weighted by Gasteiger charge is 2.08. The maximum Gasteiger partial charge on any atom is 0.138 e. The molecular formula is C24H24N4. The monoisotopic (exact) mass is 368 g/mol. The Morgan fingerprint density at radius 3 is 2.21 bits per heavy atom. The minimum atomic E-state index is 0.870. The molecule has 0 radical (unpaired) electrons. The maximum absolute atomic E-state index is 4.76. The van der Waals surface area contributed by atoms with E-state index in [1.807, 2.05) is 7.05 Å². The molecule has 0 atom stereocenters. The molecule has 0 fully saturated rings. The quantitative estimate of drug-likeness (QED) is 0.390. The molecular weight excluding hydrogens is 344 g/mol. The summed E-state index contributed by atoms with van der Waals surface area (Å²) in [6, 6.07) is 21.2. The Kier molecular flexibility index (Phi) is 4.70. The highest BCUT2D eigenvalue weighted by molar-refractivity contribution is 5.98. The lowest BCUT2D eigenvalue weighted by Gasteiger charge is -2.05. The zero-order chi connectivity index (χ0) is 19.7. The normalized spacial score (nSPS) is 11.8. The van der Waals surface area contributed by atoms with Crippen molar-refractivity contribution in [2.45, 2.75) is 13.8 Å². The van der Waals surface area contributed by atoms with E-state index < -0.39 is 0 Å². The number of nitrogens with one attached hydrogen (secondary N) is 2. The van der Waals surface area contributed by atoms with Crippen molar-refractivity contribution in [1.29, 1.82) is 0 Å². The molecule has 0 aliphatic heterocycles. The number of aromatic nitrogens is 2. The van der Waals surface area contributed by atoms with E-state index in [1.54, 1.807) is 7.05 Å². The summed E-state index contributed by atoms with van der Waals surface area (Å²) in [5, 5.41) is 3.10. The molecule has 28 heavy (non-hydrogen) atoms. The molecule has 140 valence electrons. The second-order valence-electron chi connectivity index (χ2n) is 7.02. The Balaban J connectivity index is 1.69. The van der Waals surface area contributed by atoms with Gasteiger partial charge in [0.1, 0.15) is 11.7 Å². The number of fused-ring (bicyclic) bond motifs is 1. The molecule has 4 nitrogen and oxygen atoms in total. The summed E-state index contributed by atoms with van der Waals surface area (Å²) in [5.74, 6) is 1.74. The minimum Gasteiger partial charge on any atom is -0.373 e. The summed E-state index contributed by atoms with van der Waals surface area (Å²) in [6.45, 7) is 4.29. The maximum atomic E-state index is 4.76. The molecule has 0 saturated carbocycles. The molecule has 4 rings (SSSR count). The van der Waals surface area contributed by atoms with Crippen LogP contribution in [0, 0.1) is 13.8 Å². The van der Waals surface area contributed by atoms with Crippen LogP contribution in [0.2, 0.25) is 0 Å². The minimum absolute atomic E-state index is 0.870. The molecule has 0 amide bonds. The molecule has 0 aliphatic rings. The van der Waals surface area contributed by atoms with E-state index in [2.05, 4.69) is 89.8 Å². The van der Waals surface area contributed by atoms with Crippen LogP contribution < -0.4 is 5.32 Å². The van der Waals surface area contributed by atoms with Gasteiger partial charge in [-0.2, -0.15) is 0 Å². The van der Waals surface area contributed by atoms with Gasteiger partial charge in [0, 0.05) is 25.2 Å². The lowest BCUT2D eigenvalue weighted by Crippen LogP contribution is -2.19. The molecule has 0 saturated heterocycles. The summed E-state index contributed by atoms with van der Waals surface area (Å²) >= 11 is 0. The van der Waals surface area contributed by atoms with Gasteiger partial charge in [-0.15, -0.1) is 0 Å². The van der Waals surface area contributed by atoms with Crippen LogP contribution in [-0.2, 0) is 0 Å². The number of aryl methyl sites for hydroxylation is 2. The van der Waals surface area contributed by atoms with Crippen LogP contribution in [0.3, 0.4) is 0 Å². The number of nitrogens with zero attached hydrogens (tertiary/aromatic N) is 2. The number of benzene rings is 3. The summed E-state index contributed by atoms with van der Waals surface area (Å²) in [5.41, 5.74) is 9.16. The number of aromatic amines is 1. The molecule has 2 N–H and O–H groups in total. The van der Waals surface area contributed by atoms with Crippen molar-refractivity contribution >= 4 is 16.9 Å². The average molecular weight is 368 g/mol. The zero-order valence-electron chi connectivity index (χ0n) is 16.7. The molecule has 1 aromatic heterocycles. The van der Waals surface area contributed by atoms with E-state index in [0.29, 0.717) is 0 Å². The van der Waals surface area contributed by atoms with E-state index in [-0.39, 0.29) is 0 Å². The lowest BCUT2D eigenvalue weighted by molar-refractivity contribution is 1.15. The number of imidazole rings is 1. The topological polar surface area (TPSA) is 53.1 Å². The average Bonchev–Trinajstić information content (AvgIpc) is 3.15. The van der Waals surface area contributed by atoms with Gasteiger partial charge in [0.05, 0.1) is 11.0 Å². The van der Waals surface area contributed by atoms with Crippen molar-refractivity contribution in [3.8, 4) is 22.5 Å². The largest absolute Gasteiger partial charge is 0.373 e. The van der Waals surface area contributed by atoms with Crippen LogP contribution in [0.4, 0.5) is 0 Å². The molecule has 1 heterocycles. The van der Waals surface area contributed by atoms with Crippen LogP contribution in [0.1, 0.15) is 16.7 Å². The van der Waals surface area contributed by atoms with E-state index in [1.165, 1.54) is 22.3 Å². The Labute approximate surface area is 165 Å². The third-order valence-electron chi connectivity index (χ3n) is 5.21. The smallest absolute Gasteiger partial charge is 0.138 e. The van der Waals surface area contributed by atoms with Crippen LogP contribution >= 0.6 is 0 Å². The fourth-order valence-electron chi connectivity index (χ4n) is 3.42. The third-order valence-corrected chi connectivity index (χ3v) is 5.21. The van der Waals surface area contributed by atoms with E-state index in [0.717, 1.165) is 33.8 Å². The van der Waals surface area contributed by atoms with Gasteiger partial charge in [0.25, 0.3) is 0 Å². The molecule has 0 aliphatic carbocycles. The van der Waals surface area contributed by atoms with E-state index >= 15 is 0 Å². The van der Waals surface area contributed by atoms with E-state index in [4.69, 9.17) is 4.98 Å². The van der Waals surface area contributed by atoms with Gasteiger partial charge in [0.15, 0.2) is 0 Å². The molecule has 3 aromatic carbocycles. The Morgan fingerprint density at radius 2 is 1.54 bits per heavy atom. The van der Waals surface area contributed by atoms with Crippen LogP contribution in [0.5, 0.6) is 0 Å². The SMILES string of the molecule is CN=C(NC)c1ccc(-c2nc3ccc(-c4ccc(C)c(C)c4)cc3[nH]2)cc1. The van der Waals surface area contributed by atoms with Gasteiger partial charge in [0.2, 0.25) is 0 Å². The van der Waals surface area contributed by atoms with Crippen LogP contribution in [0.15, 0.2) is 65.7 Å². The lowest BCUT2D eigenvalue weighted by atomic mass is 10.0. The Bertz CT molecular complexity index is 1170. The van der Waals surface area contributed by atoms with Crippen LogP contribution in [0.25, 0.3) is 33.5 Å². The Morgan fingerprint density at radius 1 is 0.857 bits per heavy atom. The van der Waals surface area contributed by atoms with Crippen LogP contribution in [-0.4, -0.2) is 29.9 Å². The first-order valence-electron chi connectivity index (χ1n) is 9.42. The van der Waals surface area contributed by atoms with Crippen molar-refractivity contribution in [3.05, 3.63) is 77.4 Å². The molecule has 4 heteroatoms. The van der Waals surface area contributed by atoms with Crippen molar-refractivity contribution in [2.24, 2.45) is 4.99 Å². The molecule has 4 aromatic rings. The number of hydrogen-bond acceptors (Lipinski definition) is 2. The fraction of sp³-hybridized carbons (Fsp3) is 0.167. The number of rotatable bonds is 3. The van der Waals surface area contributed by atoms with Crippen molar-refractivity contribution in [3.63, 3.8) is 0 Å². The van der Waals surface area contributed by atoms with Gasteiger partial charge in [-0.3, -0.25) is 4.99 Å². The third kappa shape index (κ3) is 3.29. The number of amidine groups is 1. The van der Waals surface area contributed by atoms with Crippen molar-refractivity contribution in [1.82, 2.24) is 15.3 Å². The molecule has 0 spiro atoms. The number of aliphatic imine (C=N–C) groups is 1. The van der Waals surface area contributed by atoms with Gasteiger partial charge in [-0.25, -0.2) is 4.98 Å². The first kappa shape index (κ1) is 18.0. The Hall–Kier alpha value is -3.40. The number of hydrogen-bond donors (Lipinski definition) is 2. The van der Waals surface area contributed by atoms with Gasteiger partial charge in [-0.1, -0.05) is 48.5 Å². The summed E-state index contributed by atoms with van der Waals surface area (Å²) < 4.78 is 0. The van der Waals surface area contributed by atoms with Crippen molar-refractivity contribution < 1.29 is 0 Å². The van der Waals surface area contributed by atoms with Gasteiger partial charge in [-0.05, 0) is 48.2 Å². The first-order chi connectivity index (χ1) is 13.6. The van der Waals surface area contributed by atoms with E-state index in [9.17, 15) is 0 Å². The summed E-state index contributed by atoms with van der Waals surface area (Å²) in [6.07, 6.45) is 0. The van der Waals surface area contributed by atoms with Gasteiger partial charge >= 0.3 is 0 Å². The molecule has 0 unspecified atom stereocenters. The second kappa shape index (κ2) is 7.31.